The zero-order valence-corrected chi connectivity index (χ0v) is 11.5. The second kappa shape index (κ2) is 5.41. The molecular weight excluding hydrogens is 291 g/mol. The summed E-state index contributed by atoms with van der Waals surface area (Å²) < 4.78 is 14.2. The van der Waals surface area contributed by atoms with Gasteiger partial charge in [-0.05, 0) is 24.3 Å². The van der Waals surface area contributed by atoms with Crippen LogP contribution >= 0.6 is 11.3 Å². The summed E-state index contributed by atoms with van der Waals surface area (Å²) in [6.45, 7) is 0. The molecule has 3 aromatic rings. The van der Waals surface area contributed by atoms with Gasteiger partial charge in [-0.25, -0.2) is 9.37 Å². The van der Waals surface area contributed by atoms with Crippen LogP contribution in [0, 0.1) is 15.9 Å². The average molecular weight is 300 g/mol. The molecule has 6 heteroatoms. The molecule has 0 saturated heterocycles. The van der Waals surface area contributed by atoms with Crippen LogP contribution in [0.15, 0.2) is 42.5 Å². The lowest BCUT2D eigenvalue weighted by molar-refractivity contribution is -0.384. The maximum atomic E-state index is 13.5. The number of hydrogen-bond acceptors (Lipinski definition) is 4. The molecule has 0 unspecified atom stereocenters. The normalized spacial score (nSPS) is 11.3. The minimum absolute atomic E-state index is 0.0378. The Morgan fingerprint density at radius 2 is 2.00 bits per heavy atom. The van der Waals surface area contributed by atoms with Gasteiger partial charge in [-0.15, -0.1) is 11.3 Å². The standard InChI is InChI=1S/C15H9FN2O2S/c16-12-4-2-1-3-10(12)5-8-15-17-13-7-6-11(18(19)20)9-14(13)21-15/h1-9H/b8-5+. The number of benzene rings is 2. The van der Waals surface area contributed by atoms with E-state index in [4.69, 9.17) is 0 Å². The summed E-state index contributed by atoms with van der Waals surface area (Å²) >= 11 is 1.33. The van der Waals surface area contributed by atoms with Crippen LogP contribution < -0.4 is 0 Å². The molecule has 1 heterocycles. The van der Waals surface area contributed by atoms with E-state index in [1.165, 1.54) is 29.5 Å². The first-order valence-corrected chi connectivity index (χ1v) is 6.93. The lowest BCUT2D eigenvalue weighted by Gasteiger charge is -1.93. The monoisotopic (exact) mass is 300 g/mol. The molecule has 1 aromatic heterocycles. The lowest BCUT2D eigenvalue weighted by atomic mass is 10.2. The zero-order chi connectivity index (χ0) is 14.8. The van der Waals surface area contributed by atoms with Crippen molar-refractivity contribution in [2.75, 3.05) is 0 Å². The summed E-state index contributed by atoms with van der Waals surface area (Å²) in [6, 6.07) is 11.0. The third kappa shape index (κ3) is 2.80. The molecule has 0 atom stereocenters. The first-order chi connectivity index (χ1) is 10.1. The SMILES string of the molecule is O=[N+]([O-])c1ccc2nc(/C=C/c3ccccc3F)sc2c1. The quantitative estimate of drug-likeness (QED) is 0.528. The summed E-state index contributed by atoms with van der Waals surface area (Å²) in [5.41, 5.74) is 1.21. The van der Waals surface area contributed by atoms with E-state index in [2.05, 4.69) is 4.98 Å². The highest BCUT2D eigenvalue weighted by molar-refractivity contribution is 7.19. The summed E-state index contributed by atoms with van der Waals surface area (Å²) in [4.78, 5) is 14.6. The molecule has 0 amide bonds. The van der Waals surface area contributed by atoms with Crippen molar-refractivity contribution in [1.29, 1.82) is 0 Å². The van der Waals surface area contributed by atoms with Gasteiger partial charge < -0.3 is 0 Å². The molecule has 21 heavy (non-hydrogen) atoms. The molecule has 104 valence electrons. The predicted molar refractivity (Wildman–Crippen MR) is 81.6 cm³/mol. The Bertz CT molecular complexity index is 858. The van der Waals surface area contributed by atoms with Gasteiger partial charge in [-0.1, -0.05) is 18.2 Å². The molecule has 0 fully saturated rings. The van der Waals surface area contributed by atoms with Crippen molar-refractivity contribution in [3.63, 3.8) is 0 Å². The molecule has 0 N–H and O–H groups in total. The Kier molecular flexibility index (Phi) is 3.45. The molecule has 0 aliphatic carbocycles. The van der Waals surface area contributed by atoms with E-state index in [-0.39, 0.29) is 11.5 Å². The minimum atomic E-state index is -0.436. The van der Waals surface area contributed by atoms with Crippen LogP contribution in [-0.4, -0.2) is 9.91 Å². The van der Waals surface area contributed by atoms with Gasteiger partial charge in [-0.2, -0.15) is 0 Å². The van der Waals surface area contributed by atoms with E-state index in [1.54, 1.807) is 36.4 Å². The number of nitro groups is 1. The number of fused-ring (bicyclic) bond motifs is 1. The van der Waals surface area contributed by atoms with Crippen molar-refractivity contribution >= 4 is 39.4 Å². The summed E-state index contributed by atoms with van der Waals surface area (Å²) in [5.74, 6) is -0.300. The second-order valence-electron chi connectivity index (χ2n) is 4.32. The number of rotatable bonds is 3. The fourth-order valence-electron chi connectivity index (χ4n) is 1.89. The molecule has 0 spiro atoms. The Labute approximate surface area is 123 Å². The largest absolute Gasteiger partial charge is 0.270 e. The first kappa shape index (κ1) is 13.4. The van der Waals surface area contributed by atoms with E-state index >= 15 is 0 Å². The Morgan fingerprint density at radius 3 is 2.76 bits per heavy atom. The Morgan fingerprint density at radius 1 is 1.19 bits per heavy atom. The van der Waals surface area contributed by atoms with Gasteiger partial charge >= 0.3 is 0 Å². The van der Waals surface area contributed by atoms with Crippen molar-refractivity contribution in [2.45, 2.75) is 0 Å². The van der Waals surface area contributed by atoms with Gasteiger partial charge in [0.05, 0.1) is 15.1 Å². The van der Waals surface area contributed by atoms with E-state index in [1.807, 2.05) is 0 Å². The number of nitro benzene ring substituents is 1. The highest BCUT2D eigenvalue weighted by Gasteiger charge is 2.09. The predicted octanol–water partition coefficient (Wildman–Crippen LogP) is 4.51. The summed E-state index contributed by atoms with van der Waals surface area (Å²) in [7, 11) is 0. The van der Waals surface area contributed by atoms with Crippen molar-refractivity contribution in [3.8, 4) is 0 Å². The fourth-order valence-corrected chi connectivity index (χ4v) is 2.79. The third-order valence-electron chi connectivity index (χ3n) is 2.91. The van der Waals surface area contributed by atoms with Crippen molar-refractivity contribution in [2.24, 2.45) is 0 Å². The van der Waals surface area contributed by atoms with Gasteiger partial charge in [-0.3, -0.25) is 10.1 Å². The van der Waals surface area contributed by atoms with Gasteiger partial charge in [0, 0.05) is 17.7 Å². The van der Waals surface area contributed by atoms with Crippen LogP contribution in [0.25, 0.3) is 22.4 Å². The highest BCUT2D eigenvalue weighted by Crippen LogP contribution is 2.27. The number of aromatic nitrogens is 1. The fraction of sp³-hybridized carbons (Fsp3) is 0. The van der Waals surface area contributed by atoms with E-state index < -0.39 is 4.92 Å². The molecule has 2 aromatic carbocycles. The minimum Gasteiger partial charge on any atom is -0.258 e. The highest BCUT2D eigenvalue weighted by atomic mass is 32.1. The first-order valence-electron chi connectivity index (χ1n) is 6.11. The number of thiazole rings is 1. The molecular formula is C15H9FN2O2S. The summed E-state index contributed by atoms with van der Waals surface area (Å²) in [5, 5.41) is 11.4. The number of non-ortho nitro benzene ring substituents is 1. The molecule has 0 radical (unpaired) electrons. The van der Waals surface area contributed by atoms with Crippen LogP contribution in [0.5, 0.6) is 0 Å². The smallest absolute Gasteiger partial charge is 0.258 e. The number of nitrogens with zero attached hydrogens (tertiary/aromatic N) is 2. The van der Waals surface area contributed by atoms with Crippen molar-refractivity contribution in [3.05, 3.63) is 69.0 Å². The average Bonchev–Trinajstić information content (AvgIpc) is 2.88. The molecule has 4 nitrogen and oxygen atoms in total. The van der Waals surface area contributed by atoms with Crippen LogP contribution in [0.2, 0.25) is 0 Å². The van der Waals surface area contributed by atoms with Crippen LogP contribution in [0.4, 0.5) is 10.1 Å². The van der Waals surface area contributed by atoms with Crippen molar-refractivity contribution < 1.29 is 9.31 Å². The molecule has 0 bridgehead atoms. The Balaban J connectivity index is 1.95. The van der Waals surface area contributed by atoms with Crippen LogP contribution in [0.3, 0.4) is 0 Å². The molecule has 0 saturated carbocycles. The number of hydrogen-bond donors (Lipinski definition) is 0. The van der Waals surface area contributed by atoms with E-state index in [0.29, 0.717) is 16.1 Å². The zero-order valence-electron chi connectivity index (χ0n) is 10.7. The molecule has 0 aliphatic rings. The Hall–Kier alpha value is -2.60. The lowest BCUT2D eigenvalue weighted by Crippen LogP contribution is -1.85. The maximum absolute atomic E-state index is 13.5. The van der Waals surface area contributed by atoms with Gasteiger partial charge in [0.1, 0.15) is 10.8 Å². The maximum Gasteiger partial charge on any atom is 0.270 e. The van der Waals surface area contributed by atoms with E-state index in [0.717, 1.165) is 4.70 Å². The number of halogens is 1. The topological polar surface area (TPSA) is 56.0 Å². The van der Waals surface area contributed by atoms with E-state index in [9.17, 15) is 14.5 Å². The second-order valence-corrected chi connectivity index (χ2v) is 5.38. The third-order valence-corrected chi connectivity index (χ3v) is 3.89. The molecule has 3 rings (SSSR count). The van der Waals surface area contributed by atoms with Gasteiger partial charge in [0.15, 0.2) is 0 Å². The van der Waals surface area contributed by atoms with Crippen molar-refractivity contribution in [1.82, 2.24) is 4.98 Å². The van der Waals surface area contributed by atoms with Gasteiger partial charge in [0.25, 0.3) is 5.69 Å². The van der Waals surface area contributed by atoms with Crippen LogP contribution in [0.1, 0.15) is 10.6 Å². The van der Waals surface area contributed by atoms with Gasteiger partial charge in [0.2, 0.25) is 0 Å². The molecule has 0 aliphatic heterocycles. The summed E-state index contributed by atoms with van der Waals surface area (Å²) in [6.07, 6.45) is 3.34. The van der Waals surface area contributed by atoms with Crippen LogP contribution in [-0.2, 0) is 0 Å².